The van der Waals surface area contributed by atoms with Gasteiger partial charge in [-0.3, -0.25) is 14.9 Å². The molecule has 142 valence electrons. The first kappa shape index (κ1) is 20.0. The van der Waals surface area contributed by atoms with Crippen molar-refractivity contribution in [3.8, 4) is 11.5 Å². The minimum atomic E-state index is -0.818. The van der Waals surface area contributed by atoms with E-state index >= 15 is 0 Å². The van der Waals surface area contributed by atoms with Gasteiger partial charge in [-0.1, -0.05) is 11.6 Å². The fourth-order valence-corrected chi connectivity index (χ4v) is 2.31. The maximum absolute atomic E-state index is 12.2. The highest BCUT2D eigenvalue weighted by atomic mass is 35.5. The highest BCUT2D eigenvalue weighted by Gasteiger charge is 2.19. The van der Waals surface area contributed by atoms with E-state index in [9.17, 15) is 19.7 Å². The van der Waals surface area contributed by atoms with Crippen molar-refractivity contribution in [2.45, 2.75) is 0 Å². The van der Waals surface area contributed by atoms with Crippen molar-refractivity contribution < 1.29 is 28.7 Å². The van der Waals surface area contributed by atoms with E-state index in [1.54, 1.807) is 6.07 Å². The van der Waals surface area contributed by atoms with Crippen LogP contribution in [0.3, 0.4) is 0 Å². The number of nitro benzene ring substituents is 1. The summed E-state index contributed by atoms with van der Waals surface area (Å²) >= 11 is 5.79. The maximum Gasteiger partial charge on any atom is 0.342 e. The number of amides is 1. The summed E-state index contributed by atoms with van der Waals surface area (Å²) in [6.07, 6.45) is 0. The normalized spacial score (nSPS) is 10.0. The van der Waals surface area contributed by atoms with E-state index in [-0.39, 0.29) is 27.7 Å². The Labute approximate surface area is 158 Å². The molecule has 2 rings (SSSR count). The van der Waals surface area contributed by atoms with Gasteiger partial charge < -0.3 is 19.5 Å². The summed E-state index contributed by atoms with van der Waals surface area (Å²) in [6, 6.07) is 8.23. The van der Waals surface area contributed by atoms with Crippen molar-refractivity contribution in [2.24, 2.45) is 0 Å². The SMILES string of the molecule is COc1ccc(OC)c(C(=O)OCC(=O)Nc2cc(Cl)ccc2[N+](=O)[O-])c1. The lowest BCUT2D eigenvalue weighted by Gasteiger charge is -2.11. The maximum atomic E-state index is 12.2. The van der Waals surface area contributed by atoms with Gasteiger partial charge in [0.15, 0.2) is 6.61 Å². The number of nitrogens with one attached hydrogen (secondary N) is 1. The van der Waals surface area contributed by atoms with E-state index in [0.717, 1.165) is 6.07 Å². The molecule has 2 aromatic rings. The second-order valence-electron chi connectivity index (χ2n) is 5.11. The molecule has 0 atom stereocenters. The summed E-state index contributed by atoms with van der Waals surface area (Å²) < 4.78 is 15.1. The molecule has 2 aromatic carbocycles. The van der Waals surface area contributed by atoms with E-state index in [1.807, 2.05) is 0 Å². The summed E-state index contributed by atoms with van der Waals surface area (Å²) in [5.41, 5.74) is -0.376. The highest BCUT2D eigenvalue weighted by Crippen LogP contribution is 2.28. The number of esters is 1. The van der Waals surface area contributed by atoms with Crippen molar-refractivity contribution in [1.29, 1.82) is 0 Å². The van der Waals surface area contributed by atoms with Crippen LogP contribution in [0.2, 0.25) is 5.02 Å². The minimum absolute atomic E-state index is 0.0680. The standard InChI is InChI=1S/C17H15ClN2O7/c1-25-11-4-6-15(26-2)12(8-11)17(22)27-9-16(21)19-13-7-10(18)3-5-14(13)20(23)24/h3-8H,9H2,1-2H3,(H,19,21). The highest BCUT2D eigenvalue weighted by molar-refractivity contribution is 6.31. The molecule has 0 spiro atoms. The average molecular weight is 395 g/mol. The molecule has 0 aromatic heterocycles. The van der Waals surface area contributed by atoms with Crippen LogP contribution in [-0.2, 0) is 9.53 Å². The van der Waals surface area contributed by atoms with Crippen LogP contribution in [0, 0.1) is 10.1 Å². The van der Waals surface area contributed by atoms with E-state index in [2.05, 4.69) is 5.32 Å². The summed E-state index contributed by atoms with van der Waals surface area (Å²) in [6.45, 7) is -0.664. The first-order chi connectivity index (χ1) is 12.8. The van der Waals surface area contributed by atoms with Crippen LogP contribution in [0.1, 0.15) is 10.4 Å². The number of hydrogen-bond acceptors (Lipinski definition) is 7. The molecule has 0 aliphatic carbocycles. The monoisotopic (exact) mass is 394 g/mol. The van der Waals surface area contributed by atoms with Crippen LogP contribution in [-0.4, -0.2) is 37.6 Å². The van der Waals surface area contributed by atoms with Crippen molar-refractivity contribution in [3.05, 3.63) is 57.1 Å². The number of carbonyl (C=O) groups is 2. The Morgan fingerprint density at radius 1 is 1.15 bits per heavy atom. The fourth-order valence-electron chi connectivity index (χ4n) is 2.14. The molecule has 0 bridgehead atoms. The first-order valence-corrected chi connectivity index (χ1v) is 7.86. The third-order valence-electron chi connectivity index (χ3n) is 3.39. The zero-order valence-electron chi connectivity index (χ0n) is 14.4. The van der Waals surface area contributed by atoms with Gasteiger partial charge in [-0.25, -0.2) is 4.79 Å². The number of halogens is 1. The minimum Gasteiger partial charge on any atom is -0.497 e. The molecule has 0 unspecified atom stereocenters. The van der Waals surface area contributed by atoms with Gasteiger partial charge in [-0.15, -0.1) is 0 Å². The number of rotatable bonds is 7. The van der Waals surface area contributed by atoms with Gasteiger partial charge in [-0.2, -0.15) is 0 Å². The molecule has 9 nitrogen and oxygen atoms in total. The second kappa shape index (κ2) is 8.86. The van der Waals surface area contributed by atoms with Gasteiger partial charge in [0.1, 0.15) is 22.7 Å². The van der Waals surface area contributed by atoms with Crippen LogP contribution >= 0.6 is 11.6 Å². The summed E-state index contributed by atoms with van der Waals surface area (Å²) in [5, 5.41) is 13.5. The summed E-state index contributed by atoms with van der Waals surface area (Å²) in [5.74, 6) is -0.939. The third-order valence-corrected chi connectivity index (χ3v) is 3.63. The summed E-state index contributed by atoms with van der Waals surface area (Å²) in [7, 11) is 2.81. The number of carbonyl (C=O) groups excluding carboxylic acids is 2. The van der Waals surface area contributed by atoms with Gasteiger partial charge in [0, 0.05) is 11.1 Å². The third kappa shape index (κ3) is 5.08. The lowest BCUT2D eigenvalue weighted by Crippen LogP contribution is -2.21. The first-order valence-electron chi connectivity index (χ1n) is 7.48. The van der Waals surface area contributed by atoms with E-state index < -0.39 is 23.4 Å². The molecular weight excluding hydrogens is 380 g/mol. The summed E-state index contributed by atoms with van der Waals surface area (Å²) in [4.78, 5) is 34.5. The number of nitro groups is 1. The largest absolute Gasteiger partial charge is 0.497 e. The Hall–Kier alpha value is -3.33. The topological polar surface area (TPSA) is 117 Å². The molecule has 1 N–H and O–H groups in total. The molecule has 0 saturated carbocycles. The smallest absolute Gasteiger partial charge is 0.342 e. The quantitative estimate of drug-likeness (QED) is 0.435. The zero-order valence-corrected chi connectivity index (χ0v) is 15.1. The molecule has 0 saturated heterocycles. The van der Waals surface area contributed by atoms with Crippen molar-refractivity contribution in [3.63, 3.8) is 0 Å². The molecular formula is C17H15ClN2O7. The number of ether oxygens (including phenoxy) is 3. The van der Waals surface area contributed by atoms with Gasteiger partial charge in [-0.05, 0) is 30.3 Å². The Kier molecular flexibility index (Phi) is 6.56. The molecule has 27 heavy (non-hydrogen) atoms. The average Bonchev–Trinajstić information content (AvgIpc) is 2.65. The predicted molar refractivity (Wildman–Crippen MR) is 96.6 cm³/mol. The van der Waals surface area contributed by atoms with Crippen LogP contribution in [0.5, 0.6) is 11.5 Å². The van der Waals surface area contributed by atoms with Crippen LogP contribution in [0.4, 0.5) is 11.4 Å². The van der Waals surface area contributed by atoms with Gasteiger partial charge >= 0.3 is 5.97 Å². The molecule has 0 radical (unpaired) electrons. The molecule has 0 aliphatic heterocycles. The molecule has 0 fully saturated rings. The number of hydrogen-bond donors (Lipinski definition) is 1. The van der Waals surface area contributed by atoms with Crippen LogP contribution in [0.25, 0.3) is 0 Å². The Balaban J connectivity index is 2.07. The number of benzene rings is 2. The molecule has 10 heteroatoms. The number of anilines is 1. The van der Waals surface area contributed by atoms with E-state index in [0.29, 0.717) is 5.75 Å². The van der Waals surface area contributed by atoms with Crippen molar-refractivity contribution >= 4 is 34.9 Å². The van der Waals surface area contributed by atoms with Crippen LogP contribution in [0.15, 0.2) is 36.4 Å². The zero-order chi connectivity index (χ0) is 20.0. The Morgan fingerprint density at radius 2 is 1.89 bits per heavy atom. The lowest BCUT2D eigenvalue weighted by molar-refractivity contribution is -0.383. The fraction of sp³-hybridized carbons (Fsp3) is 0.176. The van der Waals surface area contributed by atoms with E-state index in [4.69, 9.17) is 25.8 Å². The van der Waals surface area contributed by atoms with Gasteiger partial charge in [0.05, 0.1) is 19.1 Å². The predicted octanol–water partition coefficient (Wildman–Crippen LogP) is 3.06. The number of nitrogens with zero attached hydrogens (tertiary/aromatic N) is 1. The van der Waals surface area contributed by atoms with Crippen LogP contribution < -0.4 is 14.8 Å². The van der Waals surface area contributed by atoms with Crippen molar-refractivity contribution in [1.82, 2.24) is 0 Å². The Bertz CT molecular complexity index is 886. The molecule has 0 heterocycles. The lowest BCUT2D eigenvalue weighted by atomic mass is 10.2. The Morgan fingerprint density at radius 3 is 2.52 bits per heavy atom. The van der Waals surface area contributed by atoms with Crippen molar-refractivity contribution in [2.75, 3.05) is 26.1 Å². The molecule has 1 amide bonds. The second-order valence-corrected chi connectivity index (χ2v) is 5.55. The van der Waals surface area contributed by atoms with E-state index in [1.165, 1.54) is 38.5 Å². The number of methoxy groups -OCH3 is 2. The molecule has 0 aliphatic rings. The van der Waals surface area contributed by atoms with Gasteiger partial charge in [0.2, 0.25) is 0 Å². The van der Waals surface area contributed by atoms with Gasteiger partial charge in [0.25, 0.3) is 11.6 Å².